The van der Waals surface area contributed by atoms with Crippen molar-refractivity contribution in [2.45, 2.75) is 18.8 Å². The largest absolute Gasteiger partial charge is 0.398 e. The van der Waals surface area contributed by atoms with Gasteiger partial charge in [0.25, 0.3) is 0 Å². The van der Waals surface area contributed by atoms with Crippen LogP contribution in [0.25, 0.3) is 0 Å². The molecule has 1 aliphatic heterocycles. The van der Waals surface area contributed by atoms with E-state index in [1.165, 1.54) is 5.56 Å². The molecule has 0 amide bonds. The normalized spacial score (nSPS) is 18.2. The highest BCUT2D eigenvalue weighted by atomic mass is 79.9. The Hall–Kier alpha value is -0.870. The standard InChI is InChI=1S/C13H17BrN2O/c14-12-9-11(1-2-13(12)15)10-3-5-16(6-4-10)7-8-17/h1-2,8-10H,3-7,15H2. The lowest BCUT2D eigenvalue weighted by atomic mass is 9.89. The minimum atomic E-state index is 0.568. The van der Waals surface area contributed by atoms with Crippen LogP contribution in [-0.4, -0.2) is 30.8 Å². The second-order valence-corrected chi connectivity index (χ2v) is 5.38. The Morgan fingerprint density at radius 2 is 2.12 bits per heavy atom. The lowest BCUT2D eigenvalue weighted by molar-refractivity contribution is -0.109. The van der Waals surface area contributed by atoms with Gasteiger partial charge in [0.15, 0.2) is 0 Å². The van der Waals surface area contributed by atoms with Crippen molar-refractivity contribution in [3.63, 3.8) is 0 Å². The quantitative estimate of drug-likeness (QED) is 0.688. The summed E-state index contributed by atoms with van der Waals surface area (Å²) < 4.78 is 0.977. The Morgan fingerprint density at radius 1 is 1.41 bits per heavy atom. The van der Waals surface area contributed by atoms with E-state index in [1.807, 2.05) is 6.07 Å². The summed E-state index contributed by atoms with van der Waals surface area (Å²) in [4.78, 5) is 12.6. The molecule has 2 rings (SSSR count). The van der Waals surface area contributed by atoms with Crippen LogP contribution in [0.3, 0.4) is 0 Å². The molecule has 0 spiro atoms. The summed E-state index contributed by atoms with van der Waals surface area (Å²) in [5.41, 5.74) is 7.91. The maximum atomic E-state index is 10.4. The highest BCUT2D eigenvalue weighted by Crippen LogP contribution is 2.31. The number of halogens is 1. The van der Waals surface area contributed by atoms with E-state index in [4.69, 9.17) is 5.73 Å². The van der Waals surface area contributed by atoms with E-state index >= 15 is 0 Å². The van der Waals surface area contributed by atoms with Crippen LogP contribution in [0.15, 0.2) is 22.7 Å². The Bertz CT molecular complexity index is 400. The van der Waals surface area contributed by atoms with E-state index in [9.17, 15) is 4.79 Å². The molecule has 0 saturated carbocycles. The Labute approximate surface area is 110 Å². The molecular formula is C13H17BrN2O. The highest BCUT2D eigenvalue weighted by Gasteiger charge is 2.20. The van der Waals surface area contributed by atoms with Gasteiger partial charge in [0, 0.05) is 10.2 Å². The fourth-order valence-electron chi connectivity index (χ4n) is 2.35. The number of piperidine rings is 1. The molecule has 1 saturated heterocycles. The van der Waals surface area contributed by atoms with Gasteiger partial charge >= 0.3 is 0 Å². The molecule has 0 aromatic heterocycles. The molecule has 0 aliphatic carbocycles. The Morgan fingerprint density at radius 3 is 2.71 bits per heavy atom. The van der Waals surface area contributed by atoms with Gasteiger partial charge in [-0.2, -0.15) is 0 Å². The predicted molar refractivity (Wildman–Crippen MR) is 73.0 cm³/mol. The van der Waals surface area contributed by atoms with Gasteiger partial charge in [-0.05, 0) is 65.5 Å². The third-order valence-electron chi connectivity index (χ3n) is 3.42. The minimum absolute atomic E-state index is 0.568. The van der Waals surface area contributed by atoms with Crippen LogP contribution in [-0.2, 0) is 4.79 Å². The molecule has 1 fully saturated rings. The Kier molecular flexibility index (Phi) is 4.18. The highest BCUT2D eigenvalue weighted by molar-refractivity contribution is 9.10. The molecular weight excluding hydrogens is 280 g/mol. The number of likely N-dealkylation sites (tertiary alicyclic amines) is 1. The van der Waals surface area contributed by atoms with Crippen molar-refractivity contribution in [2.24, 2.45) is 0 Å². The van der Waals surface area contributed by atoms with Crippen molar-refractivity contribution in [1.29, 1.82) is 0 Å². The number of aldehydes is 1. The minimum Gasteiger partial charge on any atom is -0.398 e. The molecule has 1 aromatic carbocycles. The maximum absolute atomic E-state index is 10.4. The van der Waals surface area contributed by atoms with Crippen molar-refractivity contribution in [2.75, 3.05) is 25.4 Å². The van der Waals surface area contributed by atoms with Gasteiger partial charge in [-0.25, -0.2) is 0 Å². The van der Waals surface area contributed by atoms with Gasteiger partial charge < -0.3 is 10.5 Å². The molecule has 0 radical (unpaired) electrons. The second-order valence-electron chi connectivity index (χ2n) is 4.52. The van der Waals surface area contributed by atoms with Crippen molar-refractivity contribution >= 4 is 27.9 Å². The van der Waals surface area contributed by atoms with E-state index in [2.05, 4.69) is 33.0 Å². The van der Waals surface area contributed by atoms with Crippen LogP contribution in [0.2, 0.25) is 0 Å². The predicted octanol–water partition coefficient (Wildman–Crippen LogP) is 2.41. The van der Waals surface area contributed by atoms with Crippen LogP contribution >= 0.6 is 15.9 Å². The maximum Gasteiger partial charge on any atom is 0.133 e. The molecule has 3 nitrogen and oxygen atoms in total. The molecule has 4 heteroatoms. The van der Waals surface area contributed by atoms with Gasteiger partial charge in [0.05, 0.1) is 6.54 Å². The summed E-state index contributed by atoms with van der Waals surface area (Å²) in [5.74, 6) is 0.592. The molecule has 92 valence electrons. The summed E-state index contributed by atoms with van der Waals surface area (Å²) in [5, 5.41) is 0. The van der Waals surface area contributed by atoms with Gasteiger partial charge in [-0.3, -0.25) is 4.90 Å². The summed E-state index contributed by atoms with van der Waals surface area (Å²) in [6, 6.07) is 6.19. The van der Waals surface area contributed by atoms with Gasteiger partial charge in [0.2, 0.25) is 0 Å². The first-order chi connectivity index (χ1) is 8.20. The van der Waals surface area contributed by atoms with Crippen molar-refractivity contribution in [3.05, 3.63) is 28.2 Å². The second kappa shape index (κ2) is 5.65. The number of carbonyl (C=O) groups is 1. The molecule has 2 N–H and O–H groups in total. The van der Waals surface area contributed by atoms with Crippen LogP contribution in [0.1, 0.15) is 24.3 Å². The molecule has 0 atom stereocenters. The number of rotatable bonds is 3. The van der Waals surface area contributed by atoms with E-state index in [0.29, 0.717) is 12.5 Å². The first-order valence-electron chi connectivity index (χ1n) is 5.91. The third-order valence-corrected chi connectivity index (χ3v) is 4.10. The van der Waals surface area contributed by atoms with Gasteiger partial charge in [-0.15, -0.1) is 0 Å². The summed E-state index contributed by atoms with van der Waals surface area (Å²) in [6.07, 6.45) is 3.22. The van der Waals surface area contributed by atoms with Crippen molar-refractivity contribution < 1.29 is 4.79 Å². The summed E-state index contributed by atoms with van der Waals surface area (Å²) in [6.45, 7) is 2.58. The zero-order valence-corrected chi connectivity index (χ0v) is 11.3. The first-order valence-corrected chi connectivity index (χ1v) is 6.71. The van der Waals surface area contributed by atoms with Crippen LogP contribution in [0, 0.1) is 0 Å². The topological polar surface area (TPSA) is 46.3 Å². The smallest absolute Gasteiger partial charge is 0.133 e. The Balaban J connectivity index is 2.00. The van der Waals surface area contributed by atoms with E-state index in [0.717, 1.165) is 42.4 Å². The number of carbonyl (C=O) groups excluding carboxylic acids is 1. The zero-order chi connectivity index (χ0) is 12.3. The van der Waals surface area contributed by atoms with Gasteiger partial charge in [0.1, 0.15) is 6.29 Å². The first kappa shape index (κ1) is 12.6. The molecule has 17 heavy (non-hydrogen) atoms. The summed E-state index contributed by atoms with van der Waals surface area (Å²) >= 11 is 3.47. The number of hydrogen-bond donors (Lipinski definition) is 1. The lowest BCUT2D eigenvalue weighted by Gasteiger charge is -2.30. The fraction of sp³-hybridized carbons (Fsp3) is 0.462. The molecule has 1 heterocycles. The van der Waals surface area contributed by atoms with Crippen LogP contribution in [0.4, 0.5) is 5.69 Å². The van der Waals surface area contributed by atoms with Crippen LogP contribution < -0.4 is 5.73 Å². The lowest BCUT2D eigenvalue weighted by Crippen LogP contribution is -2.34. The van der Waals surface area contributed by atoms with Crippen LogP contribution in [0.5, 0.6) is 0 Å². The average Bonchev–Trinajstić information content (AvgIpc) is 2.34. The van der Waals surface area contributed by atoms with Crippen molar-refractivity contribution in [1.82, 2.24) is 4.90 Å². The number of nitrogens with two attached hydrogens (primary N) is 1. The molecule has 1 aromatic rings. The number of anilines is 1. The van der Waals surface area contributed by atoms with E-state index < -0.39 is 0 Å². The fourth-order valence-corrected chi connectivity index (χ4v) is 2.75. The summed E-state index contributed by atoms with van der Waals surface area (Å²) in [7, 11) is 0. The third kappa shape index (κ3) is 3.07. The van der Waals surface area contributed by atoms with Gasteiger partial charge in [-0.1, -0.05) is 6.07 Å². The average molecular weight is 297 g/mol. The molecule has 1 aliphatic rings. The number of benzene rings is 1. The van der Waals surface area contributed by atoms with E-state index in [1.54, 1.807) is 0 Å². The van der Waals surface area contributed by atoms with E-state index in [-0.39, 0.29) is 0 Å². The number of nitrogen functional groups attached to an aromatic ring is 1. The van der Waals surface area contributed by atoms with Crippen molar-refractivity contribution in [3.8, 4) is 0 Å². The monoisotopic (exact) mass is 296 g/mol. The molecule has 0 bridgehead atoms. The molecule has 0 unspecified atom stereocenters. The zero-order valence-electron chi connectivity index (χ0n) is 9.73. The number of nitrogens with zero attached hydrogens (tertiary/aromatic N) is 1. The number of hydrogen-bond acceptors (Lipinski definition) is 3. The SMILES string of the molecule is Nc1ccc(C2CCN(CC=O)CC2)cc1Br.